The summed E-state index contributed by atoms with van der Waals surface area (Å²) in [6.45, 7) is 17.4. The smallest absolute Gasteiger partial charge is 0.272 e. The first-order valence-corrected chi connectivity index (χ1v) is 27.4. The summed E-state index contributed by atoms with van der Waals surface area (Å²) >= 11 is 2.10. The monoisotopic (exact) mass is 964 g/mol. The second kappa shape index (κ2) is 22.6. The van der Waals surface area contributed by atoms with Crippen molar-refractivity contribution in [3.8, 4) is 11.8 Å². The van der Waals surface area contributed by atoms with E-state index in [9.17, 15) is 10.1 Å². The molecule has 4 saturated heterocycles. The van der Waals surface area contributed by atoms with Crippen LogP contribution in [-0.2, 0) is 9.47 Å². The minimum Gasteiger partial charge on any atom is -0.493 e. The highest BCUT2D eigenvalue weighted by Gasteiger charge is 2.53. The van der Waals surface area contributed by atoms with Crippen molar-refractivity contribution >= 4 is 29.2 Å². The van der Waals surface area contributed by atoms with Crippen LogP contribution in [-0.4, -0.2) is 107 Å². The van der Waals surface area contributed by atoms with Gasteiger partial charge in [0, 0.05) is 56.8 Å². The molecule has 8 aliphatic rings. The summed E-state index contributed by atoms with van der Waals surface area (Å²) in [6.07, 6.45) is 18.3. The Morgan fingerprint density at radius 2 is 1.88 bits per heavy atom. The summed E-state index contributed by atoms with van der Waals surface area (Å²) in [6, 6.07) is 15.1. The predicted molar refractivity (Wildman–Crippen MR) is 275 cm³/mol. The van der Waals surface area contributed by atoms with Gasteiger partial charge >= 0.3 is 0 Å². The number of piperidine rings is 1. The highest BCUT2D eigenvalue weighted by atomic mass is 32.2. The fourth-order valence-electron chi connectivity index (χ4n) is 12.4. The quantitative estimate of drug-likeness (QED) is 0.151. The summed E-state index contributed by atoms with van der Waals surface area (Å²) in [4.78, 5) is 24.0. The molecule has 375 valence electrons. The van der Waals surface area contributed by atoms with Gasteiger partial charge in [0.2, 0.25) is 0 Å². The van der Waals surface area contributed by atoms with Crippen LogP contribution >= 0.6 is 11.8 Å². The molecule has 14 nitrogen and oxygen atoms in total. The van der Waals surface area contributed by atoms with Gasteiger partial charge in [-0.05, 0) is 148 Å². The molecule has 8 unspecified atom stereocenters. The lowest BCUT2D eigenvalue weighted by molar-refractivity contribution is 0.0700. The lowest BCUT2D eigenvalue weighted by atomic mass is 9.78. The molecular weight excluding hydrogens is 885 g/mol. The lowest BCUT2D eigenvalue weighted by Crippen LogP contribution is -2.51. The zero-order valence-electron chi connectivity index (χ0n) is 41.9. The van der Waals surface area contributed by atoms with E-state index in [4.69, 9.17) is 19.2 Å². The number of carbonyl (C=O) groups is 1. The Hall–Kier alpha value is -4.04. The van der Waals surface area contributed by atoms with Gasteiger partial charge < -0.3 is 24.4 Å². The molecule has 2 saturated carbocycles. The van der Waals surface area contributed by atoms with Crippen LogP contribution in [0.15, 0.2) is 64.9 Å². The van der Waals surface area contributed by atoms with E-state index in [-0.39, 0.29) is 55.4 Å². The van der Waals surface area contributed by atoms with Gasteiger partial charge in [0.25, 0.3) is 5.91 Å². The number of nitrogens with zero attached hydrogens (tertiary/aromatic N) is 6. The Morgan fingerprint density at radius 1 is 1.06 bits per heavy atom. The number of hydrazine groups is 1. The second-order valence-corrected chi connectivity index (χ2v) is 22.3. The third-order valence-corrected chi connectivity index (χ3v) is 17.9. The van der Waals surface area contributed by atoms with Crippen LogP contribution in [0.4, 0.5) is 5.82 Å². The number of allylic oxidation sites excluding steroid dienone is 3. The average Bonchev–Trinajstić information content (AvgIpc) is 4.17. The first-order valence-electron chi connectivity index (χ1n) is 26.5. The Balaban J connectivity index is 0.00000217. The molecule has 1 spiro atoms. The second-order valence-electron chi connectivity index (χ2n) is 20.8. The SMILES string of the molecule is CC.CCCC1=CC(OC2CCC(NC(=O)c3ccc(N4CCC[C@@]5(CC[C@@H](COc6ccc(C7=N[C@@H](CC8NCCO8)C8NNC(C)N8C8SC(C)C(C)C78)cc6)C5)C4)nn3)CC2)=C[CH]C1C#N.[HH]. The molecule has 4 N–H and O–H groups in total. The van der Waals surface area contributed by atoms with E-state index in [0.29, 0.717) is 34.1 Å². The van der Waals surface area contributed by atoms with E-state index in [1.165, 1.54) is 24.1 Å². The standard InChI is InChI=1S/C52H71N10O4S.C2H6.H2/c1-5-7-37-26-42(15-10-38(37)29-53)66-41-16-11-39(12-17-41)55-50(63)43-18-19-45(59-58-43)61-24-6-21-52(31-61)22-20-35(28-52)30-65-40-13-8-36(9-14-40)48-47-32(2)33(3)67-51(47)62-34(4)57-60-49(62)44(56-48)27-46-54-23-25-64-46;1-2;/h8-10,13-15,18-19,26,32-35,38-39,41,44,46-47,49,51,54,57,60H,5-7,11-12,16-17,20-25,27-28,30-31H2,1-4H3,(H,55,63);1-2H3;1H/t32?,33?,34?,35-,38?,39?,41?,44+,46?,47?,49?,51?,52+;;/m1../s1. The van der Waals surface area contributed by atoms with Crippen LogP contribution in [0, 0.1) is 46.8 Å². The Kier molecular flexibility index (Phi) is 16.3. The van der Waals surface area contributed by atoms with Gasteiger partial charge in [-0.1, -0.05) is 41.0 Å². The van der Waals surface area contributed by atoms with Crippen molar-refractivity contribution in [2.45, 2.75) is 166 Å². The molecule has 1 radical (unpaired) electrons. The summed E-state index contributed by atoms with van der Waals surface area (Å²) in [7, 11) is 0. The van der Waals surface area contributed by atoms with Crippen molar-refractivity contribution in [1.29, 1.82) is 5.26 Å². The maximum Gasteiger partial charge on any atom is 0.272 e. The van der Waals surface area contributed by atoms with E-state index in [0.717, 1.165) is 120 Å². The number of aliphatic imine (C=N–C) groups is 1. The molecular formula is C54H79N10O4S. The zero-order chi connectivity index (χ0) is 48.1. The van der Waals surface area contributed by atoms with Crippen LogP contribution < -0.4 is 31.1 Å². The van der Waals surface area contributed by atoms with Crippen molar-refractivity contribution in [2.75, 3.05) is 37.7 Å². The number of nitrogens with one attached hydrogen (secondary N) is 4. The van der Waals surface area contributed by atoms with Crippen LogP contribution in [0.1, 0.15) is 136 Å². The number of ether oxygens (including phenoxy) is 3. The normalized spacial score (nSPS) is 35.4. The number of rotatable bonds is 13. The molecule has 0 bridgehead atoms. The Labute approximate surface area is 417 Å². The first kappa shape index (κ1) is 49.9. The lowest BCUT2D eigenvalue weighted by Gasteiger charge is -2.41. The van der Waals surface area contributed by atoms with Gasteiger partial charge in [-0.25, -0.2) is 10.9 Å². The maximum atomic E-state index is 13.3. The van der Waals surface area contributed by atoms with Gasteiger partial charge in [0.1, 0.15) is 17.7 Å². The highest BCUT2D eigenvalue weighted by Crippen LogP contribution is 2.50. The van der Waals surface area contributed by atoms with Crippen molar-refractivity contribution in [1.82, 2.24) is 36.6 Å². The van der Waals surface area contributed by atoms with Crippen LogP contribution in [0.3, 0.4) is 0 Å². The summed E-state index contributed by atoms with van der Waals surface area (Å²) in [5.74, 6) is 3.59. The summed E-state index contributed by atoms with van der Waals surface area (Å²) < 4.78 is 18.9. The fourth-order valence-corrected chi connectivity index (χ4v) is 14.3. The van der Waals surface area contributed by atoms with E-state index in [1.807, 2.05) is 38.5 Å². The van der Waals surface area contributed by atoms with E-state index in [1.54, 1.807) is 0 Å². The zero-order valence-corrected chi connectivity index (χ0v) is 42.7. The molecule has 6 heterocycles. The molecule has 5 aliphatic heterocycles. The van der Waals surface area contributed by atoms with Gasteiger partial charge in [-0.15, -0.1) is 22.0 Å². The molecule has 10 rings (SSSR count). The van der Waals surface area contributed by atoms with Gasteiger partial charge in [0.05, 0.1) is 55.1 Å². The van der Waals surface area contributed by atoms with Gasteiger partial charge in [-0.2, -0.15) is 5.26 Å². The number of nitriles is 1. The molecule has 3 aliphatic carbocycles. The van der Waals surface area contributed by atoms with Crippen molar-refractivity contribution in [3.05, 3.63) is 77.6 Å². The number of hydrogen-bond donors (Lipinski definition) is 4. The number of anilines is 1. The Bertz CT molecular complexity index is 2190. The minimum atomic E-state index is -0.170. The third-order valence-electron chi connectivity index (χ3n) is 16.2. The fraction of sp³-hybridized carbons (Fsp3) is 0.667. The predicted octanol–water partition coefficient (Wildman–Crippen LogP) is 8.54. The van der Waals surface area contributed by atoms with Crippen molar-refractivity contribution < 1.29 is 20.4 Å². The van der Waals surface area contributed by atoms with Crippen LogP contribution in [0.2, 0.25) is 0 Å². The minimum absolute atomic E-state index is 0. The third kappa shape index (κ3) is 11.2. The van der Waals surface area contributed by atoms with Crippen molar-refractivity contribution in [2.24, 2.45) is 34.1 Å². The number of benzene rings is 1. The molecule has 2 aromatic rings. The molecule has 11 atom stereocenters. The number of carbonyl (C=O) groups excluding carboxylic acids is 1. The Morgan fingerprint density at radius 3 is 2.62 bits per heavy atom. The number of thioether (sulfide) groups is 1. The van der Waals surface area contributed by atoms with Crippen molar-refractivity contribution in [3.63, 3.8) is 0 Å². The molecule has 69 heavy (non-hydrogen) atoms. The number of aromatic nitrogens is 2. The molecule has 15 heteroatoms. The molecule has 1 aromatic heterocycles. The van der Waals surface area contributed by atoms with E-state index >= 15 is 0 Å². The van der Waals surface area contributed by atoms with Gasteiger partial charge in [0.15, 0.2) is 11.5 Å². The average molecular weight is 964 g/mol. The maximum absolute atomic E-state index is 13.3. The van der Waals surface area contributed by atoms with E-state index < -0.39 is 0 Å². The molecule has 6 fully saturated rings. The largest absolute Gasteiger partial charge is 0.493 e. The number of amides is 1. The molecule has 1 aromatic carbocycles. The van der Waals surface area contributed by atoms with Crippen LogP contribution in [0.25, 0.3) is 0 Å². The van der Waals surface area contributed by atoms with Gasteiger partial charge in [-0.3, -0.25) is 20.0 Å². The number of fused-ring (bicyclic) bond motifs is 3. The summed E-state index contributed by atoms with van der Waals surface area (Å²) in [5, 5.41) is 26.1. The first-order chi connectivity index (χ1) is 33.7. The topological polar surface area (TPSA) is 161 Å². The van der Waals surface area contributed by atoms with E-state index in [2.05, 4.69) is 117 Å². The number of hydrogen-bond acceptors (Lipinski definition) is 14. The highest BCUT2D eigenvalue weighted by molar-refractivity contribution is 8.00. The summed E-state index contributed by atoms with van der Waals surface area (Å²) in [5.41, 5.74) is 11.3. The van der Waals surface area contributed by atoms with Crippen LogP contribution in [0.5, 0.6) is 5.75 Å². The molecule has 1 amide bonds.